The van der Waals surface area contributed by atoms with Crippen LogP contribution in [0.5, 0.6) is 0 Å². The maximum atomic E-state index is 12.4. The second-order valence-electron chi connectivity index (χ2n) is 2.41. The van der Waals surface area contributed by atoms with Crippen LogP contribution in [0.1, 0.15) is 6.42 Å². The third-order valence-electron chi connectivity index (χ3n) is 1.43. The van der Waals surface area contributed by atoms with Crippen LogP contribution in [0.25, 0.3) is 0 Å². The second-order valence-corrected chi connectivity index (χ2v) is 3.85. The molecule has 1 unspecified atom stereocenters. The van der Waals surface area contributed by atoms with Gasteiger partial charge < -0.3 is 0 Å². The Morgan fingerprint density at radius 1 is 1.67 bits per heavy atom. The van der Waals surface area contributed by atoms with Crippen LogP contribution in [0.2, 0.25) is 0 Å². The summed E-state index contributed by atoms with van der Waals surface area (Å²) in [7, 11) is 1.72. The Bertz CT molecular complexity index is 106. The lowest BCUT2D eigenvalue weighted by Crippen LogP contribution is -2.22. The first-order chi connectivity index (χ1) is 4.01. The van der Waals surface area contributed by atoms with Crippen LogP contribution in [0.4, 0.5) is 8.78 Å². The lowest BCUT2D eigenvalue weighted by atomic mass is 10.3. The van der Waals surface area contributed by atoms with E-state index < -0.39 is 5.92 Å². The molecule has 4 heteroatoms. The van der Waals surface area contributed by atoms with E-state index in [0.29, 0.717) is 0 Å². The molecular formula is C5H8F2IN. The third kappa shape index (κ3) is 1.73. The van der Waals surface area contributed by atoms with Gasteiger partial charge >= 0.3 is 0 Å². The van der Waals surface area contributed by atoms with E-state index in [2.05, 4.69) is 0 Å². The predicted molar refractivity (Wildman–Crippen MR) is 40.0 cm³/mol. The summed E-state index contributed by atoms with van der Waals surface area (Å²) in [5, 5.41) is 0. The molecule has 0 aromatic heterocycles. The van der Waals surface area contributed by atoms with Gasteiger partial charge in [0.25, 0.3) is 5.92 Å². The summed E-state index contributed by atoms with van der Waals surface area (Å²) >= 11 is 2.03. The minimum absolute atomic E-state index is 0.00403. The van der Waals surface area contributed by atoms with E-state index in [1.54, 1.807) is 11.9 Å². The van der Waals surface area contributed by atoms with Crippen LogP contribution in [0.15, 0.2) is 0 Å². The Hall–Kier alpha value is 0.550. The molecule has 0 spiro atoms. The monoisotopic (exact) mass is 247 g/mol. The quantitative estimate of drug-likeness (QED) is 0.358. The second kappa shape index (κ2) is 2.30. The van der Waals surface area contributed by atoms with E-state index in [4.69, 9.17) is 0 Å². The van der Waals surface area contributed by atoms with Crippen molar-refractivity contribution >= 4 is 22.6 Å². The van der Waals surface area contributed by atoms with Crippen molar-refractivity contribution in [1.82, 2.24) is 4.90 Å². The van der Waals surface area contributed by atoms with Crippen LogP contribution < -0.4 is 0 Å². The Morgan fingerprint density at radius 3 is 2.33 bits per heavy atom. The van der Waals surface area contributed by atoms with Crippen molar-refractivity contribution in [3.05, 3.63) is 0 Å². The van der Waals surface area contributed by atoms with Crippen molar-refractivity contribution in [3.8, 4) is 0 Å². The minimum atomic E-state index is -2.44. The van der Waals surface area contributed by atoms with Crippen molar-refractivity contribution in [2.45, 2.75) is 16.4 Å². The maximum Gasteiger partial charge on any atom is 0.262 e. The smallest absolute Gasteiger partial charge is 0.262 e. The van der Waals surface area contributed by atoms with Gasteiger partial charge in [-0.1, -0.05) is 22.6 Å². The molecule has 0 bridgehead atoms. The lowest BCUT2D eigenvalue weighted by molar-refractivity contribution is 0.0145. The highest BCUT2D eigenvalue weighted by molar-refractivity contribution is 14.1. The van der Waals surface area contributed by atoms with E-state index in [-0.39, 0.29) is 17.0 Å². The Labute approximate surface area is 66.5 Å². The van der Waals surface area contributed by atoms with E-state index in [1.807, 2.05) is 22.6 Å². The number of nitrogens with zero attached hydrogens (tertiary/aromatic N) is 1. The fourth-order valence-electron chi connectivity index (χ4n) is 0.931. The SMILES string of the molecule is CN1CC(F)(F)CC1I. The minimum Gasteiger partial charge on any atom is -0.289 e. The number of likely N-dealkylation sites (tertiary alicyclic amines) is 1. The molecular weight excluding hydrogens is 239 g/mol. The zero-order valence-electron chi connectivity index (χ0n) is 5.07. The summed E-state index contributed by atoms with van der Waals surface area (Å²) in [4.78, 5) is 1.67. The summed E-state index contributed by atoms with van der Waals surface area (Å²) in [6, 6.07) is 0. The largest absolute Gasteiger partial charge is 0.289 e. The molecule has 0 aliphatic carbocycles. The molecule has 0 aromatic carbocycles. The zero-order chi connectivity index (χ0) is 7.07. The van der Waals surface area contributed by atoms with Gasteiger partial charge in [-0.25, -0.2) is 8.78 Å². The summed E-state index contributed by atoms with van der Waals surface area (Å²) in [6.45, 7) is -0.0827. The van der Waals surface area contributed by atoms with Crippen LogP contribution >= 0.6 is 22.6 Å². The molecule has 0 N–H and O–H groups in total. The summed E-state index contributed by atoms with van der Waals surface area (Å²) in [5.41, 5.74) is 0. The van der Waals surface area contributed by atoms with Crippen molar-refractivity contribution in [1.29, 1.82) is 0 Å². The molecule has 0 aromatic rings. The molecule has 0 amide bonds. The van der Waals surface area contributed by atoms with Crippen LogP contribution in [0, 0.1) is 0 Å². The highest BCUT2D eigenvalue weighted by atomic mass is 127. The van der Waals surface area contributed by atoms with Crippen molar-refractivity contribution in [3.63, 3.8) is 0 Å². The van der Waals surface area contributed by atoms with Crippen LogP contribution in [-0.4, -0.2) is 28.5 Å². The van der Waals surface area contributed by atoms with Gasteiger partial charge in [-0.2, -0.15) is 0 Å². The highest BCUT2D eigenvalue weighted by Crippen LogP contribution is 2.33. The summed E-state index contributed by atoms with van der Waals surface area (Å²) < 4.78 is 24.8. The Balaban J connectivity index is 2.54. The predicted octanol–water partition coefficient (Wildman–Crippen LogP) is 1.72. The van der Waals surface area contributed by atoms with Gasteiger partial charge in [0.2, 0.25) is 0 Å². The summed E-state index contributed by atoms with van der Waals surface area (Å²) in [5.74, 6) is -2.44. The normalized spacial score (nSPS) is 35.3. The molecule has 1 atom stereocenters. The molecule has 9 heavy (non-hydrogen) atoms. The van der Waals surface area contributed by atoms with Crippen LogP contribution in [0.3, 0.4) is 0 Å². The zero-order valence-corrected chi connectivity index (χ0v) is 7.23. The van der Waals surface area contributed by atoms with Crippen molar-refractivity contribution in [2.75, 3.05) is 13.6 Å². The van der Waals surface area contributed by atoms with E-state index in [0.717, 1.165) is 0 Å². The van der Waals surface area contributed by atoms with Gasteiger partial charge in [0.05, 0.1) is 10.6 Å². The molecule has 0 saturated carbocycles. The van der Waals surface area contributed by atoms with Gasteiger partial charge in [0.1, 0.15) is 0 Å². The fourth-order valence-corrected chi connectivity index (χ4v) is 1.77. The standard InChI is InChI=1S/C5H8F2IN/c1-9-3-5(6,7)2-4(9)8/h4H,2-3H2,1H3. The molecule has 54 valence electrons. The number of hydrogen-bond donors (Lipinski definition) is 0. The van der Waals surface area contributed by atoms with Gasteiger partial charge in [0.15, 0.2) is 0 Å². The highest BCUT2D eigenvalue weighted by Gasteiger charge is 2.41. The fraction of sp³-hybridized carbons (Fsp3) is 1.00. The molecule has 1 aliphatic heterocycles. The lowest BCUT2D eigenvalue weighted by Gasteiger charge is -2.09. The maximum absolute atomic E-state index is 12.4. The molecule has 1 nitrogen and oxygen atoms in total. The topological polar surface area (TPSA) is 3.24 Å². The summed E-state index contributed by atoms with van der Waals surface area (Å²) in [6.07, 6.45) is 0.00403. The molecule has 1 heterocycles. The van der Waals surface area contributed by atoms with Gasteiger partial charge in [0, 0.05) is 6.42 Å². The first-order valence-corrected chi connectivity index (χ1v) is 3.98. The first kappa shape index (κ1) is 7.65. The Kier molecular flexibility index (Phi) is 1.96. The Morgan fingerprint density at radius 2 is 2.22 bits per heavy atom. The number of alkyl halides is 3. The van der Waals surface area contributed by atoms with Crippen molar-refractivity contribution in [2.24, 2.45) is 0 Å². The molecule has 1 fully saturated rings. The van der Waals surface area contributed by atoms with E-state index in [9.17, 15) is 8.78 Å². The van der Waals surface area contributed by atoms with Gasteiger partial charge in [-0.05, 0) is 7.05 Å². The van der Waals surface area contributed by atoms with Gasteiger partial charge in [-0.3, -0.25) is 4.90 Å². The average Bonchev–Trinajstić information content (AvgIpc) is 1.79. The number of hydrogen-bond acceptors (Lipinski definition) is 1. The van der Waals surface area contributed by atoms with E-state index in [1.165, 1.54) is 0 Å². The van der Waals surface area contributed by atoms with Gasteiger partial charge in [-0.15, -0.1) is 0 Å². The molecule has 0 radical (unpaired) electrons. The number of halogens is 3. The average molecular weight is 247 g/mol. The molecule has 1 rings (SSSR count). The van der Waals surface area contributed by atoms with Crippen molar-refractivity contribution < 1.29 is 8.78 Å². The van der Waals surface area contributed by atoms with Crippen LogP contribution in [-0.2, 0) is 0 Å². The molecule has 1 saturated heterocycles. The van der Waals surface area contributed by atoms with E-state index >= 15 is 0 Å². The third-order valence-corrected chi connectivity index (χ3v) is 2.82. The first-order valence-electron chi connectivity index (χ1n) is 2.73. The number of rotatable bonds is 0. The molecule has 1 aliphatic rings.